The van der Waals surface area contributed by atoms with Gasteiger partial charge in [-0.25, -0.2) is 5.09 Å². The standard InChI is InChI=1S/C11H20NO7P/c1-6(12-20(15)16)9-4-5-10(17-7(2)13)11(19-9)18-8(3)14/h6,9-12,15-16H,4-5H2,1-3H3/t6-,9?,10?,11?/m0/s1. The van der Waals surface area contributed by atoms with E-state index in [4.69, 9.17) is 24.0 Å². The number of rotatable bonds is 5. The largest absolute Gasteiger partial charge is 0.456 e. The average molecular weight is 309 g/mol. The van der Waals surface area contributed by atoms with E-state index in [1.807, 2.05) is 0 Å². The summed E-state index contributed by atoms with van der Waals surface area (Å²) in [6.07, 6.45) is -1.01. The van der Waals surface area contributed by atoms with Gasteiger partial charge in [0.15, 0.2) is 6.10 Å². The molecule has 0 amide bonds. The Morgan fingerprint density at radius 3 is 2.35 bits per heavy atom. The first-order valence-electron chi connectivity index (χ1n) is 6.23. The van der Waals surface area contributed by atoms with E-state index < -0.39 is 32.9 Å². The molecule has 9 heteroatoms. The summed E-state index contributed by atoms with van der Waals surface area (Å²) in [7, 11) is -2.24. The SMILES string of the molecule is CC(=O)OC1CCC([C@H](C)NP(O)O)OC1OC(C)=O. The van der Waals surface area contributed by atoms with Crippen molar-refractivity contribution in [1.29, 1.82) is 0 Å². The molecule has 1 aliphatic rings. The molecule has 0 aromatic rings. The molecule has 3 unspecified atom stereocenters. The molecule has 1 heterocycles. The molecule has 0 saturated carbocycles. The fourth-order valence-corrected chi connectivity index (χ4v) is 2.55. The van der Waals surface area contributed by atoms with Gasteiger partial charge in [-0.3, -0.25) is 9.59 Å². The van der Waals surface area contributed by atoms with Crippen LogP contribution in [0.5, 0.6) is 0 Å². The summed E-state index contributed by atoms with van der Waals surface area (Å²) in [5, 5.41) is 2.54. The molecule has 1 fully saturated rings. The number of esters is 2. The van der Waals surface area contributed by atoms with Gasteiger partial charge in [0.25, 0.3) is 8.53 Å². The first kappa shape index (κ1) is 17.3. The van der Waals surface area contributed by atoms with Crippen LogP contribution in [0.25, 0.3) is 0 Å². The molecular formula is C11H20NO7P. The molecule has 4 atom stereocenters. The Balaban J connectivity index is 2.65. The number of hydrogen-bond donors (Lipinski definition) is 3. The molecular weight excluding hydrogens is 289 g/mol. The fourth-order valence-electron chi connectivity index (χ4n) is 2.02. The van der Waals surface area contributed by atoms with Crippen LogP contribution in [-0.2, 0) is 23.8 Å². The van der Waals surface area contributed by atoms with E-state index in [0.717, 1.165) is 0 Å². The molecule has 1 saturated heterocycles. The highest BCUT2D eigenvalue weighted by atomic mass is 31.2. The van der Waals surface area contributed by atoms with Crippen molar-refractivity contribution >= 4 is 20.5 Å². The lowest BCUT2D eigenvalue weighted by molar-refractivity contribution is -0.243. The minimum absolute atomic E-state index is 0.340. The van der Waals surface area contributed by atoms with Crippen LogP contribution in [0.4, 0.5) is 0 Å². The molecule has 116 valence electrons. The van der Waals surface area contributed by atoms with Gasteiger partial charge in [-0.1, -0.05) is 0 Å². The van der Waals surface area contributed by atoms with Gasteiger partial charge in [-0.2, -0.15) is 0 Å². The van der Waals surface area contributed by atoms with Crippen LogP contribution in [0.15, 0.2) is 0 Å². The van der Waals surface area contributed by atoms with Gasteiger partial charge in [0, 0.05) is 19.9 Å². The second-order valence-electron chi connectivity index (χ2n) is 4.58. The van der Waals surface area contributed by atoms with Gasteiger partial charge < -0.3 is 24.0 Å². The van der Waals surface area contributed by atoms with E-state index in [2.05, 4.69) is 5.09 Å². The van der Waals surface area contributed by atoms with Crippen LogP contribution in [0.3, 0.4) is 0 Å². The Kier molecular flexibility index (Phi) is 6.78. The summed E-state index contributed by atoms with van der Waals surface area (Å²) in [5.74, 6) is -1.02. The fraction of sp³-hybridized carbons (Fsp3) is 0.818. The van der Waals surface area contributed by atoms with Crippen molar-refractivity contribution < 1.29 is 33.6 Å². The van der Waals surface area contributed by atoms with Crippen molar-refractivity contribution in [3.8, 4) is 0 Å². The van der Waals surface area contributed by atoms with Gasteiger partial charge >= 0.3 is 11.9 Å². The quantitative estimate of drug-likeness (QED) is 0.486. The van der Waals surface area contributed by atoms with Crippen molar-refractivity contribution in [2.75, 3.05) is 0 Å². The third-order valence-corrected chi connectivity index (χ3v) is 3.46. The van der Waals surface area contributed by atoms with Gasteiger partial charge in [0.1, 0.15) is 0 Å². The number of nitrogens with one attached hydrogen (secondary N) is 1. The van der Waals surface area contributed by atoms with Crippen LogP contribution in [0, 0.1) is 0 Å². The maximum Gasteiger partial charge on any atom is 0.305 e. The van der Waals surface area contributed by atoms with Gasteiger partial charge in [-0.15, -0.1) is 0 Å². The topological polar surface area (TPSA) is 114 Å². The number of carbonyl (C=O) groups is 2. The van der Waals surface area contributed by atoms with E-state index in [1.54, 1.807) is 6.92 Å². The molecule has 0 spiro atoms. The van der Waals surface area contributed by atoms with Gasteiger partial charge in [0.2, 0.25) is 6.29 Å². The van der Waals surface area contributed by atoms with E-state index in [9.17, 15) is 9.59 Å². The molecule has 0 aromatic carbocycles. The Morgan fingerprint density at radius 1 is 1.25 bits per heavy atom. The monoisotopic (exact) mass is 309 g/mol. The van der Waals surface area contributed by atoms with Crippen LogP contribution < -0.4 is 5.09 Å². The maximum atomic E-state index is 11.1. The first-order valence-corrected chi connectivity index (χ1v) is 7.48. The Labute approximate surface area is 118 Å². The van der Waals surface area contributed by atoms with Crippen molar-refractivity contribution in [1.82, 2.24) is 5.09 Å². The summed E-state index contributed by atoms with van der Waals surface area (Å²) in [4.78, 5) is 39.9. The zero-order valence-electron chi connectivity index (χ0n) is 11.6. The molecule has 20 heavy (non-hydrogen) atoms. The van der Waals surface area contributed by atoms with Crippen LogP contribution in [-0.4, -0.2) is 46.3 Å². The Morgan fingerprint density at radius 2 is 1.85 bits per heavy atom. The van der Waals surface area contributed by atoms with E-state index in [-0.39, 0.29) is 12.1 Å². The number of carbonyl (C=O) groups excluding carboxylic acids is 2. The normalized spacial score (nSPS) is 28.0. The van der Waals surface area contributed by atoms with Gasteiger partial charge in [0.05, 0.1) is 6.10 Å². The maximum absolute atomic E-state index is 11.1. The van der Waals surface area contributed by atoms with Crippen molar-refractivity contribution in [3.05, 3.63) is 0 Å². The Bertz CT molecular complexity index is 352. The third kappa shape index (κ3) is 5.68. The highest BCUT2D eigenvalue weighted by molar-refractivity contribution is 7.42. The highest BCUT2D eigenvalue weighted by Crippen LogP contribution is 2.28. The minimum Gasteiger partial charge on any atom is -0.456 e. The molecule has 0 aromatic heterocycles. The molecule has 0 aliphatic carbocycles. The van der Waals surface area contributed by atoms with Crippen LogP contribution in [0.1, 0.15) is 33.6 Å². The lowest BCUT2D eigenvalue weighted by Gasteiger charge is -2.37. The highest BCUT2D eigenvalue weighted by Gasteiger charge is 2.38. The first-order chi connectivity index (χ1) is 9.29. The summed E-state index contributed by atoms with van der Waals surface area (Å²) in [5.41, 5.74) is 0. The second kappa shape index (κ2) is 7.85. The minimum atomic E-state index is -2.24. The lowest BCUT2D eigenvalue weighted by Crippen LogP contribution is -2.49. The smallest absolute Gasteiger partial charge is 0.305 e. The molecule has 0 radical (unpaired) electrons. The van der Waals surface area contributed by atoms with E-state index in [1.165, 1.54) is 13.8 Å². The van der Waals surface area contributed by atoms with Crippen molar-refractivity contribution in [2.24, 2.45) is 0 Å². The summed E-state index contributed by atoms with van der Waals surface area (Å²) >= 11 is 0. The van der Waals surface area contributed by atoms with Gasteiger partial charge in [-0.05, 0) is 19.8 Å². The average Bonchev–Trinajstić information content (AvgIpc) is 2.29. The zero-order valence-corrected chi connectivity index (χ0v) is 12.5. The zero-order chi connectivity index (χ0) is 15.3. The van der Waals surface area contributed by atoms with Crippen LogP contribution in [0.2, 0.25) is 0 Å². The summed E-state index contributed by atoms with van der Waals surface area (Å²) in [6, 6.07) is -0.340. The van der Waals surface area contributed by atoms with E-state index in [0.29, 0.717) is 12.8 Å². The molecule has 1 aliphatic heterocycles. The van der Waals surface area contributed by atoms with E-state index >= 15 is 0 Å². The number of hydrogen-bond acceptors (Lipinski definition) is 8. The van der Waals surface area contributed by atoms with Crippen LogP contribution >= 0.6 is 8.53 Å². The molecule has 1 rings (SSSR count). The second-order valence-corrected chi connectivity index (χ2v) is 5.42. The lowest BCUT2D eigenvalue weighted by atomic mass is 10.0. The number of ether oxygens (including phenoxy) is 3. The Hall–Kier alpha value is -0.790. The summed E-state index contributed by atoms with van der Waals surface area (Å²) < 4.78 is 15.6. The van der Waals surface area contributed by atoms with Crippen molar-refractivity contribution in [3.63, 3.8) is 0 Å². The predicted molar refractivity (Wildman–Crippen MR) is 69.2 cm³/mol. The third-order valence-electron chi connectivity index (χ3n) is 2.82. The molecule has 3 N–H and O–H groups in total. The molecule has 8 nitrogen and oxygen atoms in total. The molecule has 0 bridgehead atoms. The van der Waals surface area contributed by atoms with Crippen molar-refractivity contribution in [2.45, 2.75) is 58.2 Å². The summed E-state index contributed by atoms with van der Waals surface area (Å²) in [6.45, 7) is 4.23. The predicted octanol–water partition coefficient (Wildman–Crippen LogP) is 0.176.